The summed E-state index contributed by atoms with van der Waals surface area (Å²) in [5.41, 5.74) is 9.41. The van der Waals surface area contributed by atoms with Crippen molar-refractivity contribution in [2.45, 2.75) is 25.9 Å². The number of aromatic nitrogens is 2. The molecule has 3 aromatic rings. The van der Waals surface area contributed by atoms with Gasteiger partial charge in [0.05, 0.1) is 18.1 Å². The Hall–Kier alpha value is -4.14. The minimum atomic E-state index is -0.905. The maximum atomic E-state index is 12.1. The van der Waals surface area contributed by atoms with Crippen LogP contribution in [-0.2, 0) is 4.79 Å². The van der Waals surface area contributed by atoms with Crippen LogP contribution in [0.15, 0.2) is 48.9 Å². The number of fused-ring (bicyclic) bond motifs is 3. The average Bonchev–Trinajstić information content (AvgIpc) is 3.19. The van der Waals surface area contributed by atoms with E-state index in [1.165, 1.54) is 6.20 Å². The number of amides is 2. The summed E-state index contributed by atoms with van der Waals surface area (Å²) < 4.78 is 11.0. The number of carbonyl (C=O) groups excluding carboxylic acids is 2. The predicted octanol–water partition coefficient (Wildman–Crippen LogP) is 3.92. The van der Waals surface area contributed by atoms with Crippen LogP contribution >= 0.6 is 0 Å². The molecule has 32 heavy (non-hydrogen) atoms. The fraction of sp³-hybridized carbons (Fsp3) is 0.217. The van der Waals surface area contributed by atoms with E-state index in [1.807, 2.05) is 31.2 Å². The van der Waals surface area contributed by atoms with Gasteiger partial charge in [-0.15, -0.1) is 0 Å². The van der Waals surface area contributed by atoms with Crippen molar-refractivity contribution >= 4 is 29.2 Å². The molecular weight excluding hydrogens is 410 g/mol. The number of ether oxygens (including phenoxy) is 2. The number of nitrogens with one attached hydrogen (secondary N) is 1. The van der Waals surface area contributed by atoms with Gasteiger partial charge in [0.2, 0.25) is 5.91 Å². The second kappa shape index (κ2) is 7.84. The minimum absolute atomic E-state index is 0.145. The second-order valence-electron chi connectivity index (χ2n) is 7.70. The molecule has 2 aliphatic heterocycles. The molecule has 2 aliphatic rings. The van der Waals surface area contributed by atoms with E-state index < -0.39 is 6.09 Å². The summed E-state index contributed by atoms with van der Waals surface area (Å²) in [5, 5.41) is 3.16. The average molecular weight is 431 g/mol. The lowest BCUT2D eigenvalue weighted by atomic mass is 9.94. The highest BCUT2D eigenvalue weighted by atomic mass is 16.5. The molecule has 0 radical (unpaired) electrons. The third-order valence-electron chi connectivity index (χ3n) is 5.52. The molecule has 4 heterocycles. The lowest BCUT2D eigenvalue weighted by Crippen LogP contribution is -2.24. The summed E-state index contributed by atoms with van der Waals surface area (Å²) in [6, 6.07) is 9.38. The monoisotopic (exact) mass is 431 g/mol. The van der Waals surface area contributed by atoms with Crippen LogP contribution in [0.25, 0.3) is 11.1 Å². The molecular formula is C23H21N5O4. The number of anilines is 3. The van der Waals surface area contributed by atoms with Crippen molar-refractivity contribution in [2.75, 3.05) is 16.8 Å². The summed E-state index contributed by atoms with van der Waals surface area (Å²) in [6.07, 6.45) is 5.14. The minimum Gasteiger partial charge on any atom is -0.485 e. The van der Waals surface area contributed by atoms with E-state index in [-0.39, 0.29) is 17.8 Å². The summed E-state index contributed by atoms with van der Waals surface area (Å²) in [5.74, 6) is 1.72. The zero-order valence-electron chi connectivity index (χ0n) is 17.4. The number of hydrogen-bond donors (Lipinski definition) is 2. The summed E-state index contributed by atoms with van der Waals surface area (Å²) in [6.45, 7) is 2.71. The third kappa shape index (κ3) is 3.68. The van der Waals surface area contributed by atoms with Crippen molar-refractivity contribution in [1.82, 2.24) is 9.97 Å². The quantitative estimate of drug-likeness (QED) is 0.642. The molecule has 0 aliphatic carbocycles. The van der Waals surface area contributed by atoms with Crippen molar-refractivity contribution in [3.8, 4) is 22.6 Å². The number of hydrogen-bond acceptors (Lipinski definition) is 7. The van der Waals surface area contributed by atoms with Crippen LogP contribution in [0.2, 0.25) is 0 Å². The highest BCUT2D eigenvalue weighted by Gasteiger charge is 2.27. The number of nitrogens with two attached hydrogens (primary N) is 1. The van der Waals surface area contributed by atoms with Gasteiger partial charge in [0.1, 0.15) is 17.7 Å². The van der Waals surface area contributed by atoms with Gasteiger partial charge in [0, 0.05) is 53.7 Å². The first-order valence-corrected chi connectivity index (χ1v) is 10.3. The van der Waals surface area contributed by atoms with Crippen LogP contribution in [0.1, 0.15) is 31.4 Å². The first-order valence-electron chi connectivity index (χ1n) is 10.3. The van der Waals surface area contributed by atoms with Crippen molar-refractivity contribution in [2.24, 2.45) is 5.73 Å². The lowest BCUT2D eigenvalue weighted by Gasteiger charge is -2.28. The van der Waals surface area contributed by atoms with E-state index in [2.05, 4.69) is 15.3 Å². The first kappa shape index (κ1) is 19.8. The summed E-state index contributed by atoms with van der Waals surface area (Å²) in [7, 11) is 0. The number of primary amides is 1. The van der Waals surface area contributed by atoms with Gasteiger partial charge in [-0.3, -0.25) is 9.78 Å². The molecule has 1 saturated heterocycles. The molecule has 2 aromatic heterocycles. The van der Waals surface area contributed by atoms with Crippen LogP contribution in [-0.4, -0.2) is 28.5 Å². The zero-order chi connectivity index (χ0) is 22.2. The Morgan fingerprint density at radius 2 is 2.09 bits per heavy atom. The number of rotatable bonds is 4. The second-order valence-corrected chi connectivity index (χ2v) is 7.70. The largest absolute Gasteiger partial charge is 0.485 e. The maximum Gasteiger partial charge on any atom is 0.410 e. The molecule has 1 unspecified atom stereocenters. The molecule has 0 saturated carbocycles. The summed E-state index contributed by atoms with van der Waals surface area (Å²) in [4.78, 5) is 33.4. The van der Waals surface area contributed by atoms with Crippen LogP contribution in [0.4, 0.5) is 22.0 Å². The van der Waals surface area contributed by atoms with Crippen LogP contribution in [0.5, 0.6) is 11.5 Å². The van der Waals surface area contributed by atoms with Crippen molar-refractivity contribution in [3.63, 3.8) is 0 Å². The fourth-order valence-electron chi connectivity index (χ4n) is 4.08. The van der Waals surface area contributed by atoms with Gasteiger partial charge in [-0.1, -0.05) is 0 Å². The van der Waals surface area contributed by atoms with Gasteiger partial charge in [0.15, 0.2) is 5.75 Å². The van der Waals surface area contributed by atoms with E-state index in [9.17, 15) is 9.59 Å². The molecule has 162 valence electrons. The van der Waals surface area contributed by atoms with Gasteiger partial charge in [0.25, 0.3) is 0 Å². The third-order valence-corrected chi connectivity index (χ3v) is 5.52. The Balaban J connectivity index is 1.43. The van der Waals surface area contributed by atoms with Crippen LogP contribution < -0.4 is 25.4 Å². The van der Waals surface area contributed by atoms with E-state index >= 15 is 0 Å². The fourth-order valence-corrected chi connectivity index (χ4v) is 4.08. The number of carbonyl (C=O) groups is 2. The molecule has 9 heteroatoms. The smallest absolute Gasteiger partial charge is 0.410 e. The number of nitrogens with zero attached hydrogens (tertiary/aromatic N) is 3. The molecule has 1 fully saturated rings. The maximum absolute atomic E-state index is 12.1. The van der Waals surface area contributed by atoms with E-state index in [0.717, 1.165) is 41.1 Å². The van der Waals surface area contributed by atoms with Crippen LogP contribution in [0.3, 0.4) is 0 Å². The Bertz CT molecular complexity index is 1230. The van der Waals surface area contributed by atoms with E-state index in [0.29, 0.717) is 17.9 Å². The Labute approximate surface area is 184 Å². The highest BCUT2D eigenvalue weighted by Crippen LogP contribution is 2.44. The predicted molar refractivity (Wildman–Crippen MR) is 118 cm³/mol. The summed E-state index contributed by atoms with van der Waals surface area (Å²) >= 11 is 0. The van der Waals surface area contributed by atoms with Crippen LogP contribution in [0, 0.1) is 0 Å². The van der Waals surface area contributed by atoms with Gasteiger partial charge < -0.3 is 25.4 Å². The lowest BCUT2D eigenvalue weighted by molar-refractivity contribution is -0.117. The molecule has 9 nitrogen and oxygen atoms in total. The van der Waals surface area contributed by atoms with Crippen molar-refractivity contribution < 1.29 is 19.1 Å². The standard InChI is InChI=1S/C23H21N5O4/c1-13-18-9-21(27-14-7-16(11-25-10-14)32-23(24)30)26-12-19(18)17-5-4-15(8-20(17)31-13)28-6-2-3-22(28)29/h4-5,7-13H,2-3,6H2,1H3,(H2,24,30)(H,26,27). The molecule has 5 rings (SSSR count). The van der Waals surface area contributed by atoms with Gasteiger partial charge in [-0.25, -0.2) is 9.78 Å². The Morgan fingerprint density at radius 1 is 1.22 bits per heavy atom. The topological polar surface area (TPSA) is 120 Å². The van der Waals surface area contributed by atoms with Crippen molar-refractivity contribution in [3.05, 3.63) is 54.5 Å². The number of benzene rings is 1. The Kier molecular flexibility index (Phi) is 4.85. The SMILES string of the molecule is CC1Oc2cc(N3CCCC3=O)ccc2-c2cnc(Nc3cncc(OC(N)=O)c3)cc21. The number of pyridine rings is 2. The molecule has 3 N–H and O–H groups in total. The molecule has 0 bridgehead atoms. The normalized spacial score (nSPS) is 16.7. The Morgan fingerprint density at radius 3 is 2.88 bits per heavy atom. The van der Waals surface area contributed by atoms with Crippen molar-refractivity contribution in [1.29, 1.82) is 0 Å². The van der Waals surface area contributed by atoms with E-state index in [1.54, 1.807) is 23.4 Å². The zero-order valence-corrected chi connectivity index (χ0v) is 17.4. The van der Waals surface area contributed by atoms with E-state index in [4.69, 9.17) is 15.2 Å². The first-order chi connectivity index (χ1) is 15.5. The molecule has 1 atom stereocenters. The molecule has 0 spiro atoms. The molecule has 2 amide bonds. The molecule has 1 aromatic carbocycles. The highest BCUT2D eigenvalue weighted by molar-refractivity contribution is 5.96. The van der Waals surface area contributed by atoms with Gasteiger partial charge in [-0.2, -0.15) is 0 Å². The van der Waals surface area contributed by atoms with Gasteiger partial charge >= 0.3 is 6.09 Å². The van der Waals surface area contributed by atoms with Gasteiger partial charge in [-0.05, 0) is 31.5 Å².